The molecule has 8 nitrogen and oxygen atoms in total. The van der Waals surface area contributed by atoms with Crippen molar-refractivity contribution in [3.05, 3.63) is 71.6 Å². The second-order valence-corrected chi connectivity index (χ2v) is 8.07. The van der Waals surface area contributed by atoms with Crippen LogP contribution in [-0.4, -0.2) is 38.3 Å². The average molecular weight is 440 g/mol. The van der Waals surface area contributed by atoms with Crippen LogP contribution in [0.4, 0.5) is 5.82 Å². The molecular formula is C25H25N7O. The smallest absolute Gasteiger partial charge is 0.257 e. The predicted octanol–water partition coefficient (Wildman–Crippen LogP) is 4.06. The molecule has 0 spiro atoms. The van der Waals surface area contributed by atoms with Crippen LogP contribution in [0.25, 0.3) is 22.2 Å². The van der Waals surface area contributed by atoms with E-state index < -0.39 is 0 Å². The number of nitrogens with two attached hydrogens (primary N) is 1. The summed E-state index contributed by atoms with van der Waals surface area (Å²) in [5, 5.41) is 7.49. The zero-order chi connectivity index (χ0) is 22.6. The number of benzene rings is 1. The van der Waals surface area contributed by atoms with Crippen LogP contribution in [0.1, 0.15) is 48.2 Å². The Labute approximate surface area is 191 Å². The summed E-state index contributed by atoms with van der Waals surface area (Å²) in [5.41, 5.74) is 11.0. The van der Waals surface area contributed by atoms with Gasteiger partial charge in [0.05, 0.1) is 22.9 Å². The largest absolute Gasteiger partial charge is 0.383 e. The maximum absolute atomic E-state index is 13.2. The number of carbonyl (C=O) groups is 1. The number of nitrogens with zero attached hydrogens (tertiary/aromatic N) is 5. The first-order valence-corrected chi connectivity index (χ1v) is 11.2. The van der Waals surface area contributed by atoms with Gasteiger partial charge in [-0.05, 0) is 56.4 Å². The average Bonchev–Trinajstić information content (AvgIpc) is 3.12. The third-order valence-corrected chi connectivity index (χ3v) is 5.81. The number of allylic oxidation sites excluding steroid dienone is 1. The van der Waals surface area contributed by atoms with Crippen molar-refractivity contribution in [1.82, 2.24) is 24.9 Å². The minimum absolute atomic E-state index is 0.196. The number of nitrogen functional groups attached to an aromatic ring is 1. The SMILES string of the molecule is Nc1c(C(=O)NCCC2=CCCCC2)c2nc3ccccc3nc2n1/N=C\c1ccccn1. The number of hydrogen-bond acceptors (Lipinski definition) is 6. The van der Waals surface area contributed by atoms with Crippen LogP contribution in [-0.2, 0) is 0 Å². The van der Waals surface area contributed by atoms with Gasteiger partial charge in [-0.25, -0.2) is 9.97 Å². The van der Waals surface area contributed by atoms with Gasteiger partial charge >= 0.3 is 0 Å². The van der Waals surface area contributed by atoms with Crippen LogP contribution in [0, 0.1) is 0 Å². The fraction of sp³-hybridized carbons (Fsp3) is 0.240. The molecule has 0 radical (unpaired) electrons. The molecule has 0 bridgehead atoms. The molecule has 0 fully saturated rings. The Morgan fingerprint density at radius 3 is 2.70 bits per heavy atom. The first-order chi connectivity index (χ1) is 16.2. The molecule has 0 saturated heterocycles. The Balaban J connectivity index is 1.52. The fourth-order valence-corrected chi connectivity index (χ4v) is 4.11. The predicted molar refractivity (Wildman–Crippen MR) is 130 cm³/mol. The molecule has 166 valence electrons. The van der Waals surface area contributed by atoms with Crippen molar-refractivity contribution in [3.63, 3.8) is 0 Å². The van der Waals surface area contributed by atoms with E-state index in [-0.39, 0.29) is 11.7 Å². The van der Waals surface area contributed by atoms with Gasteiger partial charge in [0.1, 0.15) is 16.9 Å². The molecule has 0 unspecified atom stereocenters. The van der Waals surface area contributed by atoms with Crippen molar-refractivity contribution >= 4 is 40.1 Å². The van der Waals surface area contributed by atoms with Gasteiger partial charge in [0.25, 0.3) is 5.91 Å². The van der Waals surface area contributed by atoms with Gasteiger partial charge < -0.3 is 11.1 Å². The maximum Gasteiger partial charge on any atom is 0.257 e. The van der Waals surface area contributed by atoms with Crippen molar-refractivity contribution < 1.29 is 4.79 Å². The molecule has 1 amide bonds. The first kappa shape index (κ1) is 20.8. The molecular weight excluding hydrogens is 414 g/mol. The van der Waals surface area contributed by atoms with Gasteiger partial charge in [-0.1, -0.05) is 29.8 Å². The number of aromatic nitrogens is 4. The molecule has 4 aromatic rings. The standard InChI is InChI=1S/C25H25N7O/c26-23-21(25(33)28-15-13-17-8-2-1-3-9-17)22-24(31-20-12-5-4-11-19(20)30-22)32(23)29-16-18-10-6-7-14-27-18/h4-8,10-12,14,16H,1-3,9,13,15,26H2,(H,28,33)/b29-16-. The molecule has 0 atom stereocenters. The van der Waals surface area contributed by atoms with E-state index in [2.05, 4.69) is 21.5 Å². The Morgan fingerprint density at radius 1 is 1.12 bits per heavy atom. The summed E-state index contributed by atoms with van der Waals surface area (Å²) < 4.78 is 1.46. The Bertz CT molecular complexity index is 1370. The van der Waals surface area contributed by atoms with Crippen LogP contribution in [0.2, 0.25) is 0 Å². The summed E-state index contributed by atoms with van der Waals surface area (Å²) >= 11 is 0. The highest BCUT2D eigenvalue weighted by atomic mass is 16.1. The van der Waals surface area contributed by atoms with Crippen LogP contribution < -0.4 is 11.1 Å². The fourth-order valence-electron chi connectivity index (χ4n) is 4.11. The second kappa shape index (κ2) is 9.20. The zero-order valence-electron chi connectivity index (χ0n) is 18.2. The quantitative estimate of drug-likeness (QED) is 0.348. The van der Waals surface area contributed by atoms with Gasteiger partial charge in [-0.15, -0.1) is 0 Å². The normalized spacial score (nSPS) is 14.1. The van der Waals surface area contributed by atoms with Crippen LogP contribution >= 0.6 is 0 Å². The molecule has 0 saturated carbocycles. The number of amides is 1. The minimum atomic E-state index is -0.273. The molecule has 0 aliphatic heterocycles. The summed E-state index contributed by atoms with van der Waals surface area (Å²) in [6.45, 7) is 0.551. The van der Waals surface area contributed by atoms with Crippen molar-refractivity contribution in [3.8, 4) is 0 Å². The van der Waals surface area contributed by atoms with E-state index in [1.54, 1.807) is 12.4 Å². The van der Waals surface area contributed by atoms with E-state index >= 15 is 0 Å². The Kier molecular flexibility index (Phi) is 5.80. The van der Waals surface area contributed by atoms with Crippen LogP contribution in [0.15, 0.2) is 65.4 Å². The second-order valence-electron chi connectivity index (χ2n) is 8.07. The highest BCUT2D eigenvalue weighted by Crippen LogP contribution is 2.28. The van der Waals surface area contributed by atoms with Crippen molar-refractivity contribution in [2.75, 3.05) is 12.3 Å². The van der Waals surface area contributed by atoms with Gasteiger partial charge in [-0.3, -0.25) is 9.78 Å². The van der Waals surface area contributed by atoms with Gasteiger partial charge in [-0.2, -0.15) is 9.78 Å². The third kappa shape index (κ3) is 4.32. The lowest BCUT2D eigenvalue weighted by Crippen LogP contribution is -2.25. The molecule has 8 heteroatoms. The highest BCUT2D eigenvalue weighted by molar-refractivity contribution is 6.10. The lowest BCUT2D eigenvalue weighted by molar-refractivity contribution is 0.0956. The summed E-state index contributed by atoms with van der Waals surface area (Å²) in [6, 6.07) is 13.1. The molecule has 1 aromatic carbocycles. The van der Waals surface area contributed by atoms with Crippen molar-refractivity contribution in [1.29, 1.82) is 0 Å². The number of nitrogens with one attached hydrogen (secondary N) is 1. The number of pyridine rings is 1. The molecule has 3 N–H and O–H groups in total. The van der Waals surface area contributed by atoms with Crippen LogP contribution in [0.5, 0.6) is 0 Å². The summed E-state index contributed by atoms with van der Waals surface area (Å²) in [4.78, 5) is 26.9. The highest BCUT2D eigenvalue weighted by Gasteiger charge is 2.24. The van der Waals surface area contributed by atoms with E-state index in [1.165, 1.54) is 23.1 Å². The van der Waals surface area contributed by atoms with Gasteiger partial charge in [0, 0.05) is 12.7 Å². The summed E-state index contributed by atoms with van der Waals surface area (Å²) in [6.07, 6.45) is 11.1. The number of fused-ring (bicyclic) bond motifs is 2. The van der Waals surface area contributed by atoms with Gasteiger partial charge in [0.2, 0.25) is 0 Å². The maximum atomic E-state index is 13.2. The summed E-state index contributed by atoms with van der Waals surface area (Å²) in [5.74, 6) is -0.0767. The van der Waals surface area contributed by atoms with E-state index in [1.807, 2.05) is 42.5 Å². The van der Waals surface area contributed by atoms with Crippen molar-refractivity contribution in [2.24, 2.45) is 5.10 Å². The zero-order valence-corrected chi connectivity index (χ0v) is 18.2. The van der Waals surface area contributed by atoms with E-state index in [9.17, 15) is 4.79 Å². The number of rotatable bonds is 6. The monoisotopic (exact) mass is 439 g/mol. The first-order valence-electron chi connectivity index (χ1n) is 11.2. The molecule has 3 aromatic heterocycles. The lowest BCUT2D eigenvalue weighted by atomic mass is 9.97. The number of para-hydroxylation sites is 2. The Hall–Kier alpha value is -4.07. The van der Waals surface area contributed by atoms with Gasteiger partial charge in [0.15, 0.2) is 5.65 Å². The van der Waals surface area contributed by atoms with E-state index in [0.29, 0.717) is 40.0 Å². The molecule has 1 aliphatic rings. The minimum Gasteiger partial charge on any atom is -0.383 e. The Morgan fingerprint density at radius 2 is 1.94 bits per heavy atom. The number of hydrogen-bond donors (Lipinski definition) is 2. The van der Waals surface area contributed by atoms with E-state index in [0.717, 1.165) is 19.3 Å². The molecule has 33 heavy (non-hydrogen) atoms. The van der Waals surface area contributed by atoms with Crippen molar-refractivity contribution in [2.45, 2.75) is 32.1 Å². The third-order valence-electron chi connectivity index (χ3n) is 5.81. The van der Waals surface area contributed by atoms with Crippen LogP contribution in [0.3, 0.4) is 0 Å². The molecule has 3 heterocycles. The molecule has 5 rings (SSSR count). The number of anilines is 1. The lowest BCUT2D eigenvalue weighted by Gasteiger charge is -2.12. The topological polar surface area (TPSA) is 111 Å². The van der Waals surface area contributed by atoms with E-state index in [4.69, 9.17) is 15.7 Å². The summed E-state index contributed by atoms with van der Waals surface area (Å²) in [7, 11) is 0. The number of carbonyl (C=O) groups excluding carboxylic acids is 1. The molecule has 1 aliphatic carbocycles.